The van der Waals surface area contributed by atoms with Crippen LogP contribution >= 0.6 is 0 Å². The molecule has 5 rings (SSSR count). The molecule has 0 unspecified atom stereocenters. The molecule has 1 aliphatic carbocycles. The van der Waals surface area contributed by atoms with E-state index in [4.69, 9.17) is 18.9 Å². The third-order valence-electron chi connectivity index (χ3n) is 5.45. The van der Waals surface area contributed by atoms with Gasteiger partial charge >= 0.3 is 11.9 Å². The van der Waals surface area contributed by atoms with Crippen molar-refractivity contribution in [3.63, 3.8) is 0 Å². The molecule has 3 atom stereocenters. The molecular weight excluding hydrogens is 364 g/mol. The third kappa shape index (κ3) is 2.46. The van der Waals surface area contributed by atoms with Gasteiger partial charge in [0.2, 0.25) is 6.79 Å². The van der Waals surface area contributed by atoms with Crippen LogP contribution in [0.1, 0.15) is 34.3 Å². The van der Waals surface area contributed by atoms with Crippen molar-refractivity contribution >= 4 is 17.7 Å². The van der Waals surface area contributed by atoms with E-state index in [-0.39, 0.29) is 31.1 Å². The molecule has 3 aliphatic rings. The number of fused-ring (bicyclic) bond motifs is 3. The largest absolute Gasteiger partial charge is 0.465 e. The molecule has 0 radical (unpaired) electrons. The number of carbonyl (C=O) groups excluding carboxylic acids is 3. The number of carbonyl (C=O) groups is 3. The average molecular weight is 380 g/mol. The number of ether oxygens (including phenoxy) is 4. The molecule has 0 N–H and O–H groups in total. The van der Waals surface area contributed by atoms with Gasteiger partial charge in [-0.2, -0.15) is 0 Å². The Morgan fingerprint density at radius 2 is 1.75 bits per heavy atom. The first kappa shape index (κ1) is 16.8. The zero-order valence-electron chi connectivity index (χ0n) is 15.0. The monoisotopic (exact) mass is 380 g/mol. The van der Waals surface area contributed by atoms with Crippen molar-refractivity contribution in [2.24, 2.45) is 11.8 Å². The first-order valence-electron chi connectivity index (χ1n) is 8.95. The second-order valence-corrected chi connectivity index (χ2v) is 7.06. The number of cyclic esters (lactones) is 1. The fourth-order valence-corrected chi connectivity index (χ4v) is 4.26. The van der Waals surface area contributed by atoms with Crippen molar-refractivity contribution in [1.82, 2.24) is 0 Å². The Bertz CT molecular complexity index is 1010. The molecule has 0 saturated carbocycles. The van der Waals surface area contributed by atoms with E-state index in [1.165, 1.54) is 6.92 Å². The van der Waals surface area contributed by atoms with Gasteiger partial charge in [-0.15, -0.1) is 0 Å². The fourth-order valence-electron chi connectivity index (χ4n) is 4.26. The predicted octanol–water partition coefficient (Wildman–Crippen LogP) is 2.46. The van der Waals surface area contributed by atoms with Crippen molar-refractivity contribution in [2.75, 3.05) is 13.4 Å². The van der Waals surface area contributed by atoms with Crippen LogP contribution in [0.2, 0.25) is 0 Å². The maximum Gasteiger partial charge on any atom is 0.310 e. The molecule has 2 aliphatic heterocycles. The zero-order chi connectivity index (χ0) is 19.4. The fraction of sp³-hybridized carbons (Fsp3) is 0.286. The van der Waals surface area contributed by atoms with Crippen molar-refractivity contribution in [3.8, 4) is 17.2 Å². The Labute approximate surface area is 160 Å². The summed E-state index contributed by atoms with van der Waals surface area (Å²) in [5.41, 5.74) is 2.07. The van der Waals surface area contributed by atoms with Gasteiger partial charge in [0, 0.05) is 18.4 Å². The number of Topliss-reactive ketones (excluding diaryl/α,β-unsaturated/α-hetero) is 1. The van der Waals surface area contributed by atoms with Gasteiger partial charge in [0.15, 0.2) is 17.3 Å². The van der Waals surface area contributed by atoms with Crippen LogP contribution in [0.25, 0.3) is 0 Å². The lowest BCUT2D eigenvalue weighted by atomic mass is 9.67. The Hall–Kier alpha value is -3.35. The SMILES string of the molecule is CC(=O)Oc1ccc([C@@H]2c3cc4c(cc3C(=O)[C@H]3COC(=O)[C@@H]23)OCO4)cc1. The molecule has 28 heavy (non-hydrogen) atoms. The third-order valence-corrected chi connectivity index (χ3v) is 5.45. The zero-order valence-corrected chi connectivity index (χ0v) is 15.0. The van der Waals surface area contributed by atoms with Crippen LogP contribution in [-0.2, 0) is 14.3 Å². The number of ketones is 1. The van der Waals surface area contributed by atoms with Crippen LogP contribution in [0.3, 0.4) is 0 Å². The van der Waals surface area contributed by atoms with Crippen molar-refractivity contribution in [1.29, 1.82) is 0 Å². The second-order valence-electron chi connectivity index (χ2n) is 7.06. The Kier molecular flexibility index (Phi) is 3.65. The molecule has 1 fully saturated rings. The molecule has 7 nitrogen and oxygen atoms in total. The number of esters is 2. The van der Waals surface area contributed by atoms with Gasteiger partial charge in [-0.1, -0.05) is 12.1 Å². The Balaban J connectivity index is 1.64. The number of hydrogen-bond acceptors (Lipinski definition) is 7. The van der Waals surface area contributed by atoms with E-state index in [9.17, 15) is 14.4 Å². The quantitative estimate of drug-likeness (QED) is 0.584. The van der Waals surface area contributed by atoms with Gasteiger partial charge in [0.25, 0.3) is 0 Å². The number of hydrogen-bond donors (Lipinski definition) is 0. The first-order chi connectivity index (χ1) is 13.5. The van der Waals surface area contributed by atoms with Gasteiger partial charge in [-0.05, 0) is 35.4 Å². The van der Waals surface area contributed by atoms with Crippen LogP contribution in [0.5, 0.6) is 17.2 Å². The van der Waals surface area contributed by atoms with Gasteiger partial charge in [-0.3, -0.25) is 14.4 Å². The molecule has 2 aromatic rings. The lowest BCUT2D eigenvalue weighted by Gasteiger charge is -2.32. The predicted molar refractivity (Wildman–Crippen MR) is 94.4 cm³/mol. The minimum atomic E-state index is -0.597. The van der Waals surface area contributed by atoms with Crippen molar-refractivity contribution in [3.05, 3.63) is 53.1 Å². The standard InChI is InChI=1S/C21H16O7/c1-10(22)28-12-4-2-11(3-5-12)18-13-6-16-17(27-9-26-16)7-14(13)20(23)15-8-25-21(24)19(15)18/h2-7,15,18-19H,8-9H2,1H3/t15-,18+,19+/m0/s1. The van der Waals surface area contributed by atoms with Crippen molar-refractivity contribution < 1.29 is 33.3 Å². The molecule has 0 amide bonds. The normalized spacial score (nSPS) is 24.4. The van der Waals surface area contributed by atoms with E-state index < -0.39 is 17.8 Å². The summed E-state index contributed by atoms with van der Waals surface area (Å²) >= 11 is 0. The average Bonchev–Trinajstić information content (AvgIpc) is 3.28. The lowest BCUT2D eigenvalue weighted by molar-refractivity contribution is -0.141. The highest BCUT2D eigenvalue weighted by atomic mass is 16.7. The van der Waals surface area contributed by atoms with E-state index in [0.29, 0.717) is 22.8 Å². The van der Waals surface area contributed by atoms with Crippen molar-refractivity contribution in [2.45, 2.75) is 12.8 Å². The molecule has 142 valence electrons. The van der Waals surface area contributed by atoms with E-state index in [0.717, 1.165) is 11.1 Å². The minimum absolute atomic E-state index is 0.0816. The molecule has 7 heteroatoms. The lowest BCUT2D eigenvalue weighted by Crippen LogP contribution is -2.36. The maximum atomic E-state index is 13.0. The molecule has 1 saturated heterocycles. The second kappa shape index (κ2) is 6.09. The number of rotatable bonds is 2. The summed E-state index contributed by atoms with van der Waals surface area (Å²) in [6, 6.07) is 10.4. The van der Waals surface area contributed by atoms with Gasteiger partial charge < -0.3 is 18.9 Å². The summed E-state index contributed by atoms with van der Waals surface area (Å²) in [7, 11) is 0. The topological polar surface area (TPSA) is 88.1 Å². The van der Waals surface area contributed by atoms with Gasteiger partial charge in [0.05, 0.1) is 11.8 Å². The van der Waals surface area contributed by atoms with E-state index in [2.05, 4.69) is 0 Å². The highest BCUT2D eigenvalue weighted by molar-refractivity contribution is 6.05. The molecule has 2 aromatic carbocycles. The molecule has 0 spiro atoms. The minimum Gasteiger partial charge on any atom is -0.465 e. The first-order valence-corrected chi connectivity index (χ1v) is 8.95. The summed E-state index contributed by atoms with van der Waals surface area (Å²) < 4.78 is 21.2. The van der Waals surface area contributed by atoms with E-state index in [1.54, 1.807) is 36.4 Å². The van der Waals surface area contributed by atoms with Crippen LogP contribution < -0.4 is 14.2 Å². The Morgan fingerprint density at radius 1 is 1.04 bits per heavy atom. The highest BCUT2D eigenvalue weighted by Gasteiger charge is 2.52. The summed E-state index contributed by atoms with van der Waals surface area (Å²) in [4.78, 5) is 36.7. The van der Waals surface area contributed by atoms with Crippen LogP contribution in [0, 0.1) is 11.8 Å². The highest BCUT2D eigenvalue weighted by Crippen LogP contribution is 2.50. The molecular formula is C21H16O7. The van der Waals surface area contributed by atoms with Gasteiger partial charge in [-0.25, -0.2) is 0 Å². The molecule has 2 heterocycles. The summed E-state index contributed by atoms with van der Waals surface area (Å²) in [6.07, 6.45) is 0. The van der Waals surface area contributed by atoms with Gasteiger partial charge in [0.1, 0.15) is 12.4 Å². The van der Waals surface area contributed by atoms with E-state index in [1.807, 2.05) is 0 Å². The van der Waals surface area contributed by atoms with E-state index >= 15 is 0 Å². The molecule has 0 bridgehead atoms. The van der Waals surface area contributed by atoms with Crippen LogP contribution in [-0.4, -0.2) is 31.1 Å². The van der Waals surface area contributed by atoms with Crippen LogP contribution in [0.15, 0.2) is 36.4 Å². The smallest absolute Gasteiger partial charge is 0.310 e. The maximum absolute atomic E-state index is 13.0. The Morgan fingerprint density at radius 3 is 2.46 bits per heavy atom. The summed E-state index contributed by atoms with van der Waals surface area (Å²) in [6.45, 7) is 1.51. The summed E-state index contributed by atoms with van der Waals surface area (Å²) in [5.74, 6) is -0.898. The molecule has 0 aromatic heterocycles. The number of benzene rings is 2. The van der Waals surface area contributed by atoms with Crippen LogP contribution in [0.4, 0.5) is 0 Å². The summed E-state index contributed by atoms with van der Waals surface area (Å²) in [5, 5.41) is 0.